The number of aldehydes is 1. The zero-order valence-electron chi connectivity index (χ0n) is 11.6. The van der Waals surface area contributed by atoms with Crippen LogP contribution in [0.4, 0.5) is 5.69 Å². The molecule has 1 aromatic rings. The molecular weight excluding hydrogens is 260 g/mol. The van der Waals surface area contributed by atoms with Crippen LogP contribution in [0, 0.1) is 0 Å². The third-order valence-corrected chi connectivity index (χ3v) is 4.28. The zero-order chi connectivity index (χ0) is 13.8. The summed E-state index contributed by atoms with van der Waals surface area (Å²) in [4.78, 5) is 15.8. The predicted molar refractivity (Wildman–Crippen MR) is 80.4 cm³/mol. The number of benzene rings is 1. The molecule has 1 atom stereocenters. The van der Waals surface area contributed by atoms with E-state index in [0.29, 0.717) is 16.6 Å². The lowest BCUT2D eigenvalue weighted by molar-refractivity contribution is 0.112. The standard InChI is InChI=1S/C15H21ClN2O/c1-3-18-9-5-6-12(18)10-17(2)15-8-4-7-14(16)13(15)11-19/h4,7-8,11-12H,3,5-6,9-10H2,1-2H3. The van der Waals surface area contributed by atoms with E-state index in [2.05, 4.69) is 16.7 Å². The maximum absolute atomic E-state index is 11.2. The molecule has 0 spiro atoms. The van der Waals surface area contributed by atoms with Gasteiger partial charge in [-0.3, -0.25) is 9.69 Å². The highest BCUT2D eigenvalue weighted by Gasteiger charge is 2.24. The molecule has 1 unspecified atom stereocenters. The van der Waals surface area contributed by atoms with E-state index >= 15 is 0 Å². The van der Waals surface area contributed by atoms with Gasteiger partial charge in [0.25, 0.3) is 0 Å². The lowest BCUT2D eigenvalue weighted by Crippen LogP contribution is -2.39. The van der Waals surface area contributed by atoms with Crippen molar-refractivity contribution < 1.29 is 4.79 Å². The van der Waals surface area contributed by atoms with E-state index in [1.807, 2.05) is 19.2 Å². The number of likely N-dealkylation sites (N-methyl/N-ethyl adjacent to an activating group) is 2. The number of halogens is 1. The highest BCUT2D eigenvalue weighted by Crippen LogP contribution is 2.27. The van der Waals surface area contributed by atoms with Crippen LogP contribution in [0.3, 0.4) is 0 Å². The fourth-order valence-electron chi connectivity index (χ4n) is 2.91. The Bertz CT molecular complexity index is 450. The first-order valence-electron chi connectivity index (χ1n) is 6.86. The summed E-state index contributed by atoms with van der Waals surface area (Å²) in [5, 5.41) is 0.526. The number of hydrogen-bond donors (Lipinski definition) is 0. The van der Waals surface area contributed by atoms with Gasteiger partial charge in [-0.15, -0.1) is 0 Å². The van der Waals surface area contributed by atoms with Crippen molar-refractivity contribution in [1.82, 2.24) is 4.90 Å². The second kappa shape index (κ2) is 6.40. The number of nitrogens with zero attached hydrogens (tertiary/aromatic N) is 2. The Morgan fingerprint density at radius 2 is 2.32 bits per heavy atom. The van der Waals surface area contributed by atoms with Crippen molar-refractivity contribution in [3.8, 4) is 0 Å². The quantitative estimate of drug-likeness (QED) is 0.775. The highest BCUT2D eigenvalue weighted by molar-refractivity contribution is 6.33. The third kappa shape index (κ3) is 3.10. The average Bonchev–Trinajstić information content (AvgIpc) is 2.85. The van der Waals surface area contributed by atoms with Crippen LogP contribution in [-0.2, 0) is 0 Å². The summed E-state index contributed by atoms with van der Waals surface area (Å²) < 4.78 is 0. The molecule has 0 N–H and O–H groups in total. The molecule has 0 amide bonds. The van der Waals surface area contributed by atoms with Gasteiger partial charge in [0, 0.05) is 25.3 Å². The minimum Gasteiger partial charge on any atom is -0.372 e. The number of carbonyl (C=O) groups excluding carboxylic acids is 1. The summed E-state index contributed by atoms with van der Waals surface area (Å²) in [6.07, 6.45) is 3.35. The molecule has 4 heteroatoms. The Morgan fingerprint density at radius 3 is 3.00 bits per heavy atom. The van der Waals surface area contributed by atoms with Crippen LogP contribution in [0.15, 0.2) is 18.2 Å². The number of rotatable bonds is 5. The molecular formula is C15H21ClN2O. The molecule has 19 heavy (non-hydrogen) atoms. The molecule has 0 radical (unpaired) electrons. The van der Waals surface area contributed by atoms with Crippen LogP contribution in [0.5, 0.6) is 0 Å². The Kier molecular flexibility index (Phi) is 4.83. The van der Waals surface area contributed by atoms with Crippen molar-refractivity contribution in [2.24, 2.45) is 0 Å². The van der Waals surface area contributed by atoms with Crippen LogP contribution in [0.2, 0.25) is 5.02 Å². The van der Waals surface area contributed by atoms with Crippen LogP contribution in [-0.4, -0.2) is 43.9 Å². The summed E-state index contributed by atoms with van der Waals surface area (Å²) in [7, 11) is 2.03. The van der Waals surface area contributed by atoms with Crippen molar-refractivity contribution in [2.75, 3.05) is 31.6 Å². The molecule has 0 saturated carbocycles. The largest absolute Gasteiger partial charge is 0.372 e. The molecule has 1 aliphatic rings. The van der Waals surface area contributed by atoms with E-state index in [-0.39, 0.29) is 0 Å². The van der Waals surface area contributed by atoms with Gasteiger partial charge in [-0.05, 0) is 38.1 Å². The minimum absolute atomic E-state index is 0.526. The smallest absolute Gasteiger partial charge is 0.153 e. The van der Waals surface area contributed by atoms with Crippen molar-refractivity contribution in [3.63, 3.8) is 0 Å². The first kappa shape index (κ1) is 14.4. The van der Waals surface area contributed by atoms with Crippen LogP contribution >= 0.6 is 11.6 Å². The van der Waals surface area contributed by atoms with Crippen molar-refractivity contribution >= 4 is 23.6 Å². The molecule has 104 valence electrons. The van der Waals surface area contributed by atoms with E-state index in [1.165, 1.54) is 19.4 Å². The summed E-state index contributed by atoms with van der Waals surface area (Å²) in [6, 6.07) is 6.19. The normalized spacial score (nSPS) is 19.6. The number of likely N-dealkylation sites (tertiary alicyclic amines) is 1. The fraction of sp³-hybridized carbons (Fsp3) is 0.533. The molecule has 2 rings (SSSR count). The molecule has 1 aliphatic heterocycles. The maximum atomic E-state index is 11.2. The fourth-order valence-corrected chi connectivity index (χ4v) is 3.12. The molecule has 1 fully saturated rings. The third-order valence-electron chi connectivity index (χ3n) is 3.95. The first-order valence-corrected chi connectivity index (χ1v) is 7.24. The molecule has 3 nitrogen and oxygen atoms in total. The van der Waals surface area contributed by atoms with Crippen molar-refractivity contribution in [3.05, 3.63) is 28.8 Å². The first-order chi connectivity index (χ1) is 9.17. The van der Waals surface area contributed by atoms with Crippen molar-refractivity contribution in [1.29, 1.82) is 0 Å². The number of carbonyl (C=O) groups is 1. The van der Waals surface area contributed by atoms with Gasteiger partial charge < -0.3 is 4.90 Å². The Balaban J connectivity index is 2.13. The minimum atomic E-state index is 0.526. The molecule has 1 aromatic carbocycles. The van der Waals surface area contributed by atoms with Crippen LogP contribution in [0.25, 0.3) is 0 Å². The number of anilines is 1. The van der Waals surface area contributed by atoms with Gasteiger partial charge in [-0.2, -0.15) is 0 Å². The Labute approximate surface area is 120 Å². The van der Waals surface area contributed by atoms with Gasteiger partial charge in [0.15, 0.2) is 6.29 Å². The van der Waals surface area contributed by atoms with Crippen LogP contribution < -0.4 is 4.90 Å². The highest BCUT2D eigenvalue weighted by atomic mass is 35.5. The zero-order valence-corrected chi connectivity index (χ0v) is 12.4. The predicted octanol–water partition coefficient (Wildman–Crippen LogP) is 3.07. The van der Waals surface area contributed by atoms with Gasteiger partial charge in [0.05, 0.1) is 10.6 Å². The van der Waals surface area contributed by atoms with E-state index < -0.39 is 0 Å². The van der Waals surface area contributed by atoms with Gasteiger partial charge >= 0.3 is 0 Å². The summed E-state index contributed by atoms with van der Waals surface area (Å²) in [5.74, 6) is 0. The monoisotopic (exact) mass is 280 g/mol. The number of hydrogen-bond acceptors (Lipinski definition) is 3. The van der Waals surface area contributed by atoms with E-state index in [4.69, 9.17) is 11.6 Å². The maximum Gasteiger partial charge on any atom is 0.153 e. The van der Waals surface area contributed by atoms with E-state index in [1.54, 1.807) is 6.07 Å². The lowest BCUT2D eigenvalue weighted by Gasteiger charge is -2.29. The summed E-state index contributed by atoms with van der Waals surface area (Å²) in [6.45, 7) is 5.42. The molecule has 0 aromatic heterocycles. The van der Waals surface area contributed by atoms with Gasteiger partial charge in [-0.1, -0.05) is 24.6 Å². The van der Waals surface area contributed by atoms with Gasteiger partial charge in [0.2, 0.25) is 0 Å². The van der Waals surface area contributed by atoms with E-state index in [9.17, 15) is 4.79 Å². The lowest BCUT2D eigenvalue weighted by atomic mass is 10.1. The summed E-state index contributed by atoms with van der Waals surface area (Å²) in [5.41, 5.74) is 1.51. The summed E-state index contributed by atoms with van der Waals surface area (Å²) >= 11 is 6.08. The van der Waals surface area contributed by atoms with Crippen LogP contribution in [0.1, 0.15) is 30.1 Å². The second-order valence-electron chi connectivity index (χ2n) is 5.10. The second-order valence-corrected chi connectivity index (χ2v) is 5.50. The van der Waals surface area contributed by atoms with Gasteiger partial charge in [-0.25, -0.2) is 0 Å². The molecule has 0 bridgehead atoms. The Hall–Kier alpha value is -1.06. The molecule has 1 saturated heterocycles. The average molecular weight is 281 g/mol. The van der Waals surface area contributed by atoms with E-state index in [0.717, 1.165) is 25.1 Å². The Morgan fingerprint density at radius 1 is 1.53 bits per heavy atom. The SMILES string of the molecule is CCN1CCCC1CN(C)c1cccc(Cl)c1C=O. The molecule has 0 aliphatic carbocycles. The molecule has 1 heterocycles. The van der Waals surface area contributed by atoms with Crippen molar-refractivity contribution in [2.45, 2.75) is 25.8 Å². The van der Waals surface area contributed by atoms with Gasteiger partial charge in [0.1, 0.15) is 0 Å². The topological polar surface area (TPSA) is 23.6 Å².